The first-order chi connectivity index (χ1) is 17.9. The van der Waals surface area contributed by atoms with Crippen molar-refractivity contribution in [3.05, 3.63) is 101 Å². The van der Waals surface area contributed by atoms with Gasteiger partial charge in [-0.1, -0.05) is 54.1 Å². The van der Waals surface area contributed by atoms with Crippen LogP contribution in [-0.2, 0) is 9.59 Å². The number of halogens is 1. The fourth-order valence-electron chi connectivity index (χ4n) is 3.71. The van der Waals surface area contributed by atoms with Crippen LogP contribution < -0.4 is 15.1 Å². The Hall–Kier alpha value is -3.40. The summed E-state index contributed by atoms with van der Waals surface area (Å²) in [6.45, 7) is 5.15. The predicted molar refractivity (Wildman–Crippen MR) is 142 cm³/mol. The molecular weight excluding hydrogens is 512 g/mol. The molecule has 1 atom stereocenters. The molecule has 0 radical (unpaired) electrons. The summed E-state index contributed by atoms with van der Waals surface area (Å²) < 4.78 is 0. The van der Waals surface area contributed by atoms with E-state index in [4.69, 9.17) is 11.6 Å². The molecule has 0 bridgehead atoms. The van der Waals surface area contributed by atoms with Crippen molar-refractivity contribution in [2.45, 2.75) is 5.25 Å². The van der Waals surface area contributed by atoms with Gasteiger partial charge in [-0.25, -0.2) is 9.97 Å². The van der Waals surface area contributed by atoms with E-state index in [-0.39, 0.29) is 0 Å². The van der Waals surface area contributed by atoms with Gasteiger partial charge in [0.2, 0.25) is 5.95 Å². The van der Waals surface area contributed by atoms with Crippen molar-refractivity contribution >= 4 is 41.2 Å². The van der Waals surface area contributed by atoms with Gasteiger partial charge in [0, 0.05) is 55.9 Å². The quantitative estimate of drug-likeness (QED) is 0.376. The fourth-order valence-corrected chi connectivity index (χ4v) is 5.14. The van der Waals surface area contributed by atoms with E-state index >= 15 is 0 Å². The Morgan fingerprint density at radius 1 is 0.865 bits per heavy atom. The second-order valence-electron chi connectivity index (χ2n) is 8.06. The second-order valence-corrected chi connectivity index (χ2v) is 9.71. The van der Waals surface area contributed by atoms with Gasteiger partial charge in [-0.15, -0.1) is 11.8 Å². The molecule has 1 aliphatic heterocycles. The number of piperazine rings is 1. The number of anilines is 1. The van der Waals surface area contributed by atoms with Gasteiger partial charge in [0.25, 0.3) is 0 Å². The predicted octanol–water partition coefficient (Wildman–Crippen LogP) is 1.82. The van der Waals surface area contributed by atoms with Crippen LogP contribution in [-0.4, -0.2) is 65.3 Å². The van der Waals surface area contributed by atoms with Crippen LogP contribution >= 0.6 is 23.4 Å². The highest BCUT2D eigenvalue weighted by Gasteiger charge is 2.20. The van der Waals surface area contributed by atoms with Gasteiger partial charge >= 0.3 is 0 Å². The Labute approximate surface area is 225 Å². The van der Waals surface area contributed by atoms with Gasteiger partial charge < -0.3 is 24.7 Å². The molecule has 37 heavy (non-hydrogen) atoms. The first-order valence-electron chi connectivity index (χ1n) is 11.7. The molecule has 10 heteroatoms. The largest absolute Gasteiger partial charge is 0.545 e. The number of nitrogens with zero attached hydrogens (tertiary/aromatic N) is 4. The molecule has 0 aliphatic carbocycles. The minimum Gasteiger partial charge on any atom is -0.545 e. The molecule has 4 rings (SSSR count). The Morgan fingerprint density at radius 2 is 1.43 bits per heavy atom. The summed E-state index contributed by atoms with van der Waals surface area (Å²) >= 11 is 8.10. The number of thioether (sulfide) groups is 1. The monoisotopic (exact) mass is 538 g/mol. The maximum absolute atomic E-state index is 9.41. The van der Waals surface area contributed by atoms with Crippen molar-refractivity contribution in [3.8, 4) is 0 Å². The van der Waals surface area contributed by atoms with Crippen LogP contribution in [0.15, 0.2) is 85.2 Å². The van der Waals surface area contributed by atoms with Crippen LogP contribution in [0, 0.1) is 0 Å². The van der Waals surface area contributed by atoms with E-state index in [9.17, 15) is 19.8 Å². The van der Waals surface area contributed by atoms with Crippen molar-refractivity contribution in [1.29, 1.82) is 0 Å². The SMILES string of the molecule is Clc1ccc(C(SCCN2CCN(c3ncccn3)CC2)c2ccccc2)cc1.O=C([O-])/C=C\C(=O)[O-]. The number of rotatable bonds is 9. The topological polar surface area (TPSA) is 113 Å². The van der Waals surface area contributed by atoms with Crippen LogP contribution in [0.2, 0.25) is 5.02 Å². The summed E-state index contributed by atoms with van der Waals surface area (Å²) in [5.41, 5.74) is 2.64. The van der Waals surface area contributed by atoms with E-state index in [1.165, 1.54) is 11.1 Å². The average molecular weight is 539 g/mol. The highest BCUT2D eigenvalue weighted by Crippen LogP contribution is 2.36. The molecule has 194 valence electrons. The number of aliphatic carboxylic acids is 2. The Kier molecular flexibility index (Phi) is 11.4. The van der Waals surface area contributed by atoms with Gasteiger partial charge in [-0.05, 0) is 41.5 Å². The van der Waals surface area contributed by atoms with Gasteiger partial charge in [-0.2, -0.15) is 0 Å². The lowest BCUT2D eigenvalue weighted by atomic mass is 10.0. The first kappa shape index (κ1) is 28.2. The van der Waals surface area contributed by atoms with Crippen molar-refractivity contribution < 1.29 is 19.8 Å². The molecule has 0 saturated carbocycles. The molecule has 0 amide bonds. The minimum absolute atomic E-state index is 0.326. The van der Waals surface area contributed by atoms with Crippen molar-refractivity contribution in [2.24, 2.45) is 0 Å². The standard InChI is InChI=1S/C23H25ClN4S.C4H4O4/c24-21-9-7-20(8-10-21)22(19-5-2-1-3-6-19)29-18-17-27-13-15-28(16-14-27)23-25-11-4-12-26-23;5-3(6)1-2-4(7)8/h1-12,22H,13-18H2;1-2H,(H,5,6)(H,7,8)/p-2/b;2-1-. The summed E-state index contributed by atoms with van der Waals surface area (Å²) in [7, 11) is 0. The van der Waals surface area contributed by atoms with Crippen molar-refractivity contribution in [2.75, 3.05) is 43.4 Å². The van der Waals surface area contributed by atoms with Gasteiger partial charge in [0.15, 0.2) is 0 Å². The molecule has 0 spiro atoms. The normalized spacial score (nSPS) is 14.6. The number of hydrogen-bond donors (Lipinski definition) is 0. The van der Waals surface area contributed by atoms with E-state index in [0.29, 0.717) is 17.4 Å². The summed E-state index contributed by atoms with van der Waals surface area (Å²) in [4.78, 5) is 32.4. The van der Waals surface area contributed by atoms with E-state index in [0.717, 1.165) is 49.4 Å². The minimum atomic E-state index is -1.55. The van der Waals surface area contributed by atoms with E-state index < -0.39 is 11.9 Å². The lowest BCUT2D eigenvalue weighted by Gasteiger charge is -2.34. The molecule has 2 aromatic carbocycles. The molecule has 1 aromatic heterocycles. The molecule has 1 saturated heterocycles. The molecule has 1 fully saturated rings. The lowest BCUT2D eigenvalue weighted by molar-refractivity contribution is -0.301. The van der Waals surface area contributed by atoms with E-state index in [2.05, 4.69) is 62.2 Å². The third kappa shape index (κ3) is 9.87. The average Bonchev–Trinajstić information content (AvgIpc) is 2.92. The number of carboxylic acids is 2. The maximum Gasteiger partial charge on any atom is 0.225 e. The van der Waals surface area contributed by atoms with Crippen molar-refractivity contribution in [1.82, 2.24) is 14.9 Å². The second kappa shape index (κ2) is 15.0. The van der Waals surface area contributed by atoms with Gasteiger partial charge in [0.05, 0.1) is 17.2 Å². The third-order valence-corrected chi connectivity index (χ3v) is 7.08. The van der Waals surface area contributed by atoms with Crippen LogP contribution in [0.3, 0.4) is 0 Å². The Balaban J connectivity index is 0.000000414. The first-order valence-corrected chi connectivity index (χ1v) is 13.1. The summed E-state index contributed by atoms with van der Waals surface area (Å²) in [6, 6.07) is 20.8. The summed E-state index contributed by atoms with van der Waals surface area (Å²) in [5, 5.41) is 19.9. The van der Waals surface area contributed by atoms with Crippen LogP contribution in [0.25, 0.3) is 0 Å². The zero-order valence-electron chi connectivity index (χ0n) is 20.1. The van der Waals surface area contributed by atoms with Crippen LogP contribution in [0.4, 0.5) is 5.95 Å². The number of hydrogen-bond acceptors (Lipinski definition) is 9. The fraction of sp³-hybridized carbons (Fsp3) is 0.259. The molecule has 1 unspecified atom stereocenters. The molecule has 2 heterocycles. The van der Waals surface area contributed by atoms with Crippen LogP contribution in [0.1, 0.15) is 16.4 Å². The van der Waals surface area contributed by atoms with Gasteiger partial charge in [-0.3, -0.25) is 4.90 Å². The molecule has 8 nitrogen and oxygen atoms in total. The Bertz CT molecular complexity index is 1130. The third-order valence-electron chi connectivity index (χ3n) is 5.53. The Morgan fingerprint density at radius 3 is 2.00 bits per heavy atom. The molecule has 1 aliphatic rings. The number of carbonyl (C=O) groups is 2. The molecule has 0 N–H and O–H groups in total. The summed E-state index contributed by atoms with van der Waals surface area (Å²) in [5.74, 6) is -1.17. The van der Waals surface area contributed by atoms with E-state index in [1.54, 1.807) is 0 Å². The highest BCUT2D eigenvalue weighted by molar-refractivity contribution is 7.99. The highest BCUT2D eigenvalue weighted by atomic mass is 35.5. The number of carboxylic acid groups (broad SMARTS) is 2. The van der Waals surface area contributed by atoms with E-state index in [1.807, 2.05) is 42.4 Å². The zero-order valence-corrected chi connectivity index (χ0v) is 21.7. The maximum atomic E-state index is 9.41. The van der Waals surface area contributed by atoms with Gasteiger partial charge in [0.1, 0.15) is 0 Å². The van der Waals surface area contributed by atoms with Crippen molar-refractivity contribution in [3.63, 3.8) is 0 Å². The van der Waals surface area contributed by atoms with Crippen LogP contribution in [0.5, 0.6) is 0 Å². The smallest absolute Gasteiger partial charge is 0.225 e. The lowest BCUT2D eigenvalue weighted by Crippen LogP contribution is -2.47. The zero-order chi connectivity index (χ0) is 26.5. The number of carbonyl (C=O) groups excluding carboxylic acids is 2. The molecule has 3 aromatic rings. The summed E-state index contributed by atoms with van der Waals surface area (Å²) in [6.07, 6.45) is 4.39. The number of benzene rings is 2. The molecular formula is C27H27ClN4O4S-2. The number of aromatic nitrogens is 2.